The normalized spacial score (nSPS) is 17.4. The maximum absolute atomic E-state index is 12.8. The Morgan fingerprint density at radius 3 is 2.83 bits per heavy atom. The number of hydrogen-bond acceptors (Lipinski definition) is 4. The van der Waals surface area contributed by atoms with Crippen molar-refractivity contribution in [1.82, 2.24) is 14.9 Å². The van der Waals surface area contributed by atoms with Crippen molar-refractivity contribution < 1.29 is 13.9 Å². The van der Waals surface area contributed by atoms with E-state index in [1.54, 1.807) is 17.0 Å². The minimum Gasteiger partial charge on any atom is -0.458 e. The maximum atomic E-state index is 12.8. The predicted molar refractivity (Wildman–Crippen MR) is 88.1 cm³/mol. The van der Waals surface area contributed by atoms with Gasteiger partial charge in [-0.1, -0.05) is 29.8 Å². The summed E-state index contributed by atoms with van der Waals surface area (Å²) in [6.45, 7) is 1.02. The molecule has 7 heteroatoms. The van der Waals surface area contributed by atoms with E-state index in [1.165, 1.54) is 6.08 Å². The highest BCUT2D eigenvalue weighted by Crippen LogP contribution is 2.18. The fourth-order valence-corrected chi connectivity index (χ4v) is 2.61. The fourth-order valence-electron chi connectivity index (χ4n) is 2.41. The molecule has 3 rings (SSSR count). The first-order valence-corrected chi connectivity index (χ1v) is 7.85. The Morgan fingerprint density at radius 2 is 2.08 bits per heavy atom. The molecular formula is C17H15ClFN3O2. The number of likely N-dealkylation sites (tertiary alicyclic amines) is 1. The van der Waals surface area contributed by atoms with Gasteiger partial charge in [-0.2, -0.15) is 0 Å². The van der Waals surface area contributed by atoms with Gasteiger partial charge in [0.15, 0.2) is 5.82 Å². The van der Waals surface area contributed by atoms with Crippen LogP contribution in [-0.2, 0) is 4.79 Å². The summed E-state index contributed by atoms with van der Waals surface area (Å²) >= 11 is 6.06. The molecule has 24 heavy (non-hydrogen) atoms. The maximum Gasteiger partial charge on any atom is 0.316 e. The largest absolute Gasteiger partial charge is 0.458 e. The third-order valence-electron chi connectivity index (χ3n) is 3.64. The number of hydrogen-bond donors (Lipinski definition) is 0. The average Bonchev–Trinajstić information content (AvgIpc) is 3.05. The van der Waals surface area contributed by atoms with Gasteiger partial charge >= 0.3 is 6.01 Å². The Bertz CT molecular complexity index is 752. The van der Waals surface area contributed by atoms with Crippen molar-refractivity contribution in [1.29, 1.82) is 0 Å². The van der Waals surface area contributed by atoms with Crippen LogP contribution in [0.4, 0.5) is 4.39 Å². The van der Waals surface area contributed by atoms with Crippen molar-refractivity contribution in [3.8, 4) is 6.01 Å². The summed E-state index contributed by atoms with van der Waals surface area (Å²) in [5.74, 6) is -0.628. The van der Waals surface area contributed by atoms with Crippen molar-refractivity contribution in [2.24, 2.45) is 0 Å². The van der Waals surface area contributed by atoms with Gasteiger partial charge in [-0.3, -0.25) is 4.79 Å². The van der Waals surface area contributed by atoms with E-state index < -0.39 is 5.82 Å². The van der Waals surface area contributed by atoms with E-state index in [9.17, 15) is 9.18 Å². The van der Waals surface area contributed by atoms with Gasteiger partial charge in [0.05, 0.1) is 18.9 Å². The van der Waals surface area contributed by atoms with Crippen LogP contribution >= 0.6 is 11.6 Å². The lowest BCUT2D eigenvalue weighted by atomic mass is 10.2. The second-order valence-corrected chi connectivity index (χ2v) is 5.76. The molecule has 0 unspecified atom stereocenters. The zero-order valence-corrected chi connectivity index (χ0v) is 13.5. The molecule has 0 aliphatic carbocycles. The van der Waals surface area contributed by atoms with Crippen molar-refractivity contribution in [2.75, 3.05) is 13.1 Å². The molecule has 5 nitrogen and oxygen atoms in total. The van der Waals surface area contributed by atoms with Crippen LogP contribution < -0.4 is 4.74 Å². The predicted octanol–water partition coefficient (Wildman–Crippen LogP) is 2.96. The lowest BCUT2D eigenvalue weighted by molar-refractivity contribution is -0.125. The van der Waals surface area contributed by atoms with Crippen LogP contribution in [0, 0.1) is 5.82 Å². The molecule has 1 atom stereocenters. The molecule has 1 aromatic carbocycles. The summed E-state index contributed by atoms with van der Waals surface area (Å²) in [6.07, 6.45) is 5.76. The Labute approximate surface area is 143 Å². The molecule has 2 heterocycles. The summed E-state index contributed by atoms with van der Waals surface area (Å²) in [5.41, 5.74) is 0.791. The molecule has 124 valence electrons. The third kappa shape index (κ3) is 4.08. The van der Waals surface area contributed by atoms with Gasteiger partial charge in [0.2, 0.25) is 5.91 Å². The standard InChI is InChI=1S/C17H15ClFN3O2/c18-15-4-2-1-3-12(15)5-6-16(23)22-8-7-14(11-22)24-17-20-9-13(19)10-21-17/h1-6,9-10,14H,7-8,11H2/b6-5+/t14-/m1/s1. The number of halogens is 2. The smallest absolute Gasteiger partial charge is 0.316 e. The lowest BCUT2D eigenvalue weighted by Crippen LogP contribution is -2.29. The summed E-state index contributed by atoms with van der Waals surface area (Å²) < 4.78 is 18.3. The molecule has 0 N–H and O–H groups in total. The highest BCUT2D eigenvalue weighted by Gasteiger charge is 2.27. The Hall–Kier alpha value is -2.47. The number of ether oxygens (including phenoxy) is 1. The zero-order valence-electron chi connectivity index (χ0n) is 12.7. The number of nitrogens with zero attached hydrogens (tertiary/aromatic N) is 3. The van der Waals surface area contributed by atoms with Gasteiger partial charge in [-0.05, 0) is 17.7 Å². The molecule has 1 aromatic heterocycles. The number of benzene rings is 1. The number of amides is 1. The summed E-state index contributed by atoms with van der Waals surface area (Å²) in [5, 5.41) is 0.595. The van der Waals surface area contributed by atoms with Crippen molar-refractivity contribution in [3.05, 3.63) is 59.1 Å². The molecule has 0 radical (unpaired) electrons. The van der Waals surface area contributed by atoms with E-state index in [-0.39, 0.29) is 18.0 Å². The summed E-state index contributed by atoms with van der Waals surface area (Å²) in [6, 6.07) is 7.42. The third-order valence-corrected chi connectivity index (χ3v) is 3.98. The van der Waals surface area contributed by atoms with Crippen molar-refractivity contribution in [3.63, 3.8) is 0 Å². The van der Waals surface area contributed by atoms with Crippen molar-refractivity contribution >= 4 is 23.6 Å². The van der Waals surface area contributed by atoms with Crippen LogP contribution in [0.3, 0.4) is 0 Å². The fraction of sp³-hybridized carbons (Fsp3) is 0.235. The molecule has 1 aliphatic heterocycles. The lowest BCUT2D eigenvalue weighted by Gasteiger charge is -2.14. The highest BCUT2D eigenvalue weighted by atomic mass is 35.5. The van der Waals surface area contributed by atoms with Crippen LogP contribution in [0.25, 0.3) is 6.08 Å². The van der Waals surface area contributed by atoms with Gasteiger partial charge in [-0.25, -0.2) is 14.4 Å². The average molecular weight is 348 g/mol. The van der Waals surface area contributed by atoms with Gasteiger partial charge in [-0.15, -0.1) is 0 Å². The summed E-state index contributed by atoms with van der Waals surface area (Å²) in [7, 11) is 0. The molecule has 1 fully saturated rings. The quantitative estimate of drug-likeness (QED) is 0.798. The van der Waals surface area contributed by atoms with Crippen LogP contribution in [0.2, 0.25) is 5.02 Å². The van der Waals surface area contributed by atoms with E-state index in [0.29, 0.717) is 24.5 Å². The summed E-state index contributed by atoms with van der Waals surface area (Å²) in [4.78, 5) is 21.4. The van der Waals surface area contributed by atoms with Crippen LogP contribution in [0.5, 0.6) is 6.01 Å². The minimum atomic E-state index is -0.518. The molecule has 0 saturated carbocycles. The Balaban J connectivity index is 1.56. The topological polar surface area (TPSA) is 55.3 Å². The Kier molecular flexibility index (Phi) is 5.05. The SMILES string of the molecule is O=C(/C=C/c1ccccc1Cl)N1CC[C@@H](Oc2ncc(F)cn2)C1. The van der Waals surface area contributed by atoms with Gasteiger partial charge in [0, 0.05) is 24.1 Å². The number of carbonyl (C=O) groups excluding carboxylic acids is 1. The molecule has 1 aliphatic rings. The first kappa shape index (κ1) is 16.4. The first-order chi connectivity index (χ1) is 11.6. The highest BCUT2D eigenvalue weighted by molar-refractivity contribution is 6.32. The van der Waals surface area contributed by atoms with Crippen LogP contribution in [0.1, 0.15) is 12.0 Å². The monoisotopic (exact) mass is 347 g/mol. The zero-order chi connectivity index (χ0) is 16.9. The Morgan fingerprint density at radius 1 is 1.33 bits per heavy atom. The molecule has 1 saturated heterocycles. The first-order valence-electron chi connectivity index (χ1n) is 7.47. The minimum absolute atomic E-state index is 0.110. The van der Waals surface area contributed by atoms with Crippen LogP contribution in [-0.4, -0.2) is 40.0 Å². The molecule has 1 amide bonds. The second-order valence-electron chi connectivity index (χ2n) is 5.35. The number of aromatic nitrogens is 2. The molecular weight excluding hydrogens is 333 g/mol. The molecule has 0 bridgehead atoms. The van der Waals surface area contributed by atoms with E-state index in [2.05, 4.69) is 9.97 Å². The molecule has 0 spiro atoms. The van der Waals surface area contributed by atoms with E-state index >= 15 is 0 Å². The second kappa shape index (κ2) is 7.40. The van der Waals surface area contributed by atoms with E-state index in [1.807, 2.05) is 18.2 Å². The number of carbonyl (C=O) groups is 1. The van der Waals surface area contributed by atoms with Gasteiger partial charge in [0.1, 0.15) is 6.10 Å². The number of rotatable bonds is 4. The molecule has 2 aromatic rings. The van der Waals surface area contributed by atoms with Crippen molar-refractivity contribution in [2.45, 2.75) is 12.5 Å². The van der Waals surface area contributed by atoms with Gasteiger partial charge in [0.25, 0.3) is 0 Å². The van der Waals surface area contributed by atoms with E-state index in [4.69, 9.17) is 16.3 Å². The van der Waals surface area contributed by atoms with Crippen LogP contribution in [0.15, 0.2) is 42.7 Å². The van der Waals surface area contributed by atoms with E-state index in [0.717, 1.165) is 18.0 Å². The van der Waals surface area contributed by atoms with Gasteiger partial charge < -0.3 is 9.64 Å².